The highest BCUT2D eigenvalue weighted by Gasteiger charge is 2.21. The van der Waals surface area contributed by atoms with E-state index in [1.165, 1.54) is 25.7 Å². The van der Waals surface area contributed by atoms with Crippen LogP contribution in [0.5, 0.6) is 0 Å². The minimum absolute atomic E-state index is 0.604. The van der Waals surface area contributed by atoms with Crippen molar-refractivity contribution in [2.75, 3.05) is 19.0 Å². The van der Waals surface area contributed by atoms with Crippen LogP contribution in [0.2, 0.25) is 0 Å². The molecule has 0 spiro atoms. The Bertz CT molecular complexity index is 442. The number of benzene rings is 1. The Morgan fingerprint density at radius 3 is 2.72 bits per heavy atom. The van der Waals surface area contributed by atoms with Gasteiger partial charge < -0.3 is 10.2 Å². The molecule has 0 radical (unpaired) electrons. The van der Waals surface area contributed by atoms with Gasteiger partial charge in [-0.25, -0.2) is 0 Å². The van der Waals surface area contributed by atoms with E-state index in [9.17, 15) is 5.26 Å². The van der Waals surface area contributed by atoms with E-state index < -0.39 is 0 Å². The quantitative estimate of drug-likeness (QED) is 0.883. The largest absolute Gasteiger partial charge is 0.371 e. The van der Waals surface area contributed by atoms with Crippen molar-refractivity contribution in [3.63, 3.8) is 0 Å². The lowest BCUT2D eigenvalue weighted by Gasteiger charge is -2.27. The molecule has 96 valence electrons. The zero-order chi connectivity index (χ0) is 13.0. The van der Waals surface area contributed by atoms with Crippen LogP contribution in [0.15, 0.2) is 18.2 Å². The standard InChI is InChI=1S/C15H21N3/c1-17-11-12-7-8-15(13(9-12)10-16)18(2)14-5-3-4-6-14/h7-9,14,17H,3-6,11H2,1-2H3. The molecule has 3 heteroatoms. The monoisotopic (exact) mass is 243 g/mol. The minimum Gasteiger partial charge on any atom is -0.371 e. The molecule has 1 aliphatic carbocycles. The fourth-order valence-corrected chi connectivity index (χ4v) is 2.78. The number of nitrogens with one attached hydrogen (secondary N) is 1. The van der Waals surface area contributed by atoms with Crippen LogP contribution in [0.25, 0.3) is 0 Å². The van der Waals surface area contributed by atoms with E-state index in [1.54, 1.807) is 0 Å². The molecule has 3 nitrogen and oxygen atoms in total. The fraction of sp³-hybridized carbons (Fsp3) is 0.533. The predicted molar refractivity (Wildman–Crippen MR) is 74.6 cm³/mol. The van der Waals surface area contributed by atoms with Crippen molar-refractivity contribution in [1.29, 1.82) is 5.26 Å². The second kappa shape index (κ2) is 5.88. The number of hydrogen-bond acceptors (Lipinski definition) is 3. The average molecular weight is 243 g/mol. The van der Waals surface area contributed by atoms with Crippen molar-refractivity contribution in [3.8, 4) is 6.07 Å². The highest BCUT2D eigenvalue weighted by molar-refractivity contribution is 5.60. The molecule has 0 saturated heterocycles. The van der Waals surface area contributed by atoms with E-state index >= 15 is 0 Å². The summed E-state index contributed by atoms with van der Waals surface area (Å²) in [4.78, 5) is 2.29. The maximum atomic E-state index is 9.31. The van der Waals surface area contributed by atoms with Gasteiger partial charge in [0.05, 0.1) is 11.3 Å². The van der Waals surface area contributed by atoms with E-state index in [1.807, 2.05) is 13.1 Å². The van der Waals surface area contributed by atoms with E-state index in [0.29, 0.717) is 6.04 Å². The smallest absolute Gasteiger partial charge is 0.101 e. The minimum atomic E-state index is 0.604. The molecule has 1 aliphatic rings. The molecule has 1 saturated carbocycles. The molecule has 2 rings (SSSR count). The van der Waals surface area contributed by atoms with Crippen molar-refractivity contribution >= 4 is 5.69 Å². The van der Waals surface area contributed by atoms with E-state index in [4.69, 9.17) is 0 Å². The summed E-state index contributed by atoms with van der Waals surface area (Å²) < 4.78 is 0. The van der Waals surface area contributed by atoms with Gasteiger partial charge in [-0.3, -0.25) is 0 Å². The molecule has 0 heterocycles. The van der Waals surface area contributed by atoms with Crippen molar-refractivity contribution in [1.82, 2.24) is 5.32 Å². The summed E-state index contributed by atoms with van der Waals surface area (Å²) >= 11 is 0. The zero-order valence-corrected chi connectivity index (χ0v) is 11.2. The molecule has 1 N–H and O–H groups in total. The number of anilines is 1. The van der Waals surface area contributed by atoms with Gasteiger partial charge in [0.25, 0.3) is 0 Å². The molecule has 0 atom stereocenters. The van der Waals surface area contributed by atoms with Gasteiger partial charge in [-0.1, -0.05) is 18.9 Å². The van der Waals surface area contributed by atoms with Crippen LogP contribution in [0.3, 0.4) is 0 Å². The van der Waals surface area contributed by atoms with Gasteiger partial charge in [0.2, 0.25) is 0 Å². The van der Waals surface area contributed by atoms with Crippen LogP contribution in [0.1, 0.15) is 36.8 Å². The Morgan fingerprint density at radius 2 is 2.11 bits per heavy atom. The molecule has 18 heavy (non-hydrogen) atoms. The van der Waals surface area contributed by atoms with Crippen LogP contribution >= 0.6 is 0 Å². The van der Waals surface area contributed by atoms with Crippen LogP contribution in [0.4, 0.5) is 5.69 Å². The normalized spacial score (nSPS) is 15.6. The SMILES string of the molecule is CNCc1ccc(N(C)C2CCCC2)c(C#N)c1. The third-order valence-corrected chi connectivity index (χ3v) is 3.81. The molecule has 0 amide bonds. The lowest BCUT2D eigenvalue weighted by Crippen LogP contribution is -2.29. The summed E-state index contributed by atoms with van der Waals surface area (Å²) in [7, 11) is 4.04. The average Bonchev–Trinajstić information content (AvgIpc) is 2.92. The Hall–Kier alpha value is -1.53. The van der Waals surface area contributed by atoms with Crippen LogP contribution in [0, 0.1) is 11.3 Å². The Labute approximate surface area is 109 Å². The second-order valence-corrected chi connectivity index (χ2v) is 5.04. The summed E-state index contributed by atoms with van der Waals surface area (Å²) in [6, 6.07) is 9.13. The number of nitriles is 1. The summed E-state index contributed by atoms with van der Waals surface area (Å²) in [6.07, 6.45) is 5.13. The summed E-state index contributed by atoms with van der Waals surface area (Å²) in [5.74, 6) is 0. The maximum Gasteiger partial charge on any atom is 0.101 e. The molecular weight excluding hydrogens is 222 g/mol. The molecule has 1 aromatic rings. The van der Waals surface area contributed by atoms with Crippen LogP contribution in [-0.4, -0.2) is 20.1 Å². The van der Waals surface area contributed by atoms with E-state index in [0.717, 1.165) is 23.4 Å². The van der Waals surface area contributed by atoms with Crippen molar-refractivity contribution < 1.29 is 0 Å². The molecule has 1 fully saturated rings. The Kier molecular flexibility index (Phi) is 4.22. The first-order valence-electron chi connectivity index (χ1n) is 6.66. The number of hydrogen-bond donors (Lipinski definition) is 1. The first-order valence-corrected chi connectivity index (χ1v) is 6.66. The van der Waals surface area contributed by atoms with Gasteiger partial charge in [-0.2, -0.15) is 5.26 Å². The highest BCUT2D eigenvalue weighted by atomic mass is 15.1. The summed E-state index contributed by atoms with van der Waals surface area (Å²) in [6.45, 7) is 0.808. The molecule has 0 unspecified atom stereocenters. The van der Waals surface area contributed by atoms with E-state index in [2.05, 4.69) is 35.5 Å². The number of rotatable bonds is 4. The second-order valence-electron chi connectivity index (χ2n) is 5.04. The Balaban J connectivity index is 2.24. The van der Waals surface area contributed by atoms with Gasteiger partial charge in [-0.05, 0) is 37.6 Å². The highest BCUT2D eigenvalue weighted by Crippen LogP contribution is 2.29. The van der Waals surface area contributed by atoms with Crippen LogP contribution in [-0.2, 0) is 6.54 Å². The third-order valence-electron chi connectivity index (χ3n) is 3.81. The van der Waals surface area contributed by atoms with Gasteiger partial charge in [0.1, 0.15) is 6.07 Å². The first kappa shape index (κ1) is 12.9. The van der Waals surface area contributed by atoms with Crippen molar-refractivity contribution in [3.05, 3.63) is 29.3 Å². The lowest BCUT2D eigenvalue weighted by atomic mass is 10.1. The molecule has 1 aromatic carbocycles. The van der Waals surface area contributed by atoms with Gasteiger partial charge in [0, 0.05) is 19.6 Å². The van der Waals surface area contributed by atoms with Crippen molar-refractivity contribution in [2.45, 2.75) is 38.3 Å². The molecule has 0 aromatic heterocycles. The van der Waals surface area contributed by atoms with Gasteiger partial charge in [0.15, 0.2) is 0 Å². The van der Waals surface area contributed by atoms with Gasteiger partial charge >= 0.3 is 0 Å². The topological polar surface area (TPSA) is 39.1 Å². The predicted octanol–water partition coefficient (Wildman–Crippen LogP) is 2.66. The molecule has 0 aliphatic heterocycles. The molecule has 0 bridgehead atoms. The maximum absolute atomic E-state index is 9.31. The van der Waals surface area contributed by atoms with E-state index in [-0.39, 0.29) is 0 Å². The van der Waals surface area contributed by atoms with Crippen molar-refractivity contribution in [2.24, 2.45) is 0 Å². The molecular formula is C15H21N3. The number of nitrogens with zero attached hydrogens (tertiary/aromatic N) is 2. The zero-order valence-electron chi connectivity index (χ0n) is 11.2. The first-order chi connectivity index (χ1) is 8.76. The Morgan fingerprint density at radius 1 is 1.39 bits per heavy atom. The third kappa shape index (κ3) is 2.65. The lowest BCUT2D eigenvalue weighted by molar-refractivity contribution is 0.652. The fourth-order valence-electron chi connectivity index (χ4n) is 2.78. The summed E-state index contributed by atoms with van der Waals surface area (Å²) in [5.41, 5.74) is 3.03. The summed E-state index contributed by atoms with van der Waals surface area (Å²) in [5, 5.41) is 12.4. The van der Waals surface area contributed by atoms with Gasteiger partial charge in [-0.15, -0.1) is 0 Å². The van der Waals surface area contributed by atoms with Crippen LogP contribution < -0.4 is 10.2 Å².